The van der Waals surface area contributed by atoms with Crippen molar-refractivity contribution in [2.45, 2.75) is 0 Å². The number of ether oxygens (including phenoxy) is 2. The van der Waals surface area contributed by atoms with Crippen LogP contribution in [0.2, 0.25) is 0 Å². The number of aromatic nitrogens is 2. The van der Waals surface area contributed by atoms with Crippen molar-refractivity contribution in [1.29, 1.82) is 0 Å². The average molecular weight is 373 g/mol. The molecule has 6 heteroatoms. The third-order valence-electron chi connectivity index (χ3n) is 4.26. The molecule has 0 aliphatic heterocycles. The fraction of sp³-hybridized carbons (Fsp3) is 0.0909. The smallest absolute Gasteiger partial charge is 0.263 e. The van der Waals surface area contributed by atoms with E-state index in [1.165, 1.54) is 0 Å². The molecule has 1 amide bonds. The summed E-state index contributed by atoms with van der Waals surface area (Å²) in [5.74, 6) is 1.68. The molecule has 0 bridgehead atoms. The SMILES string of the molecule is COc1ccc(OCC(=O)Nc2c(-c3ccccc3)nc3ccccn23)cc1. The Bertz CT molecular complexity index is 1090. The molecule has 0 spiro atoms. The first-order valence-corrected chi connectivity index (χ1v) is 8.84. The van der Waals surface area contributed by atoms with E-state index in [0.717, 1.165) is 17.0 Å². The molecular weight excluding hydrogens is 354 g/mol. The van der Waals surface area contributed by atoms with E-state index >= 15 is 0 Å². The van der Waals surface area contributed by atoms with Gasteiger partial charge in [0.2, 0.25) is 0 Å². The Labute approximate surface area is 162 Å². The van der Waals surface area contributed by atoms with Crippen LogP contribution in [0.5, 0.6) is 11.5 Å². The second-order valence-corrected chi connectivity index (χ2v) is 6.12. The number of pyridine rings is 1. The third-order valence-corrected chi connectivity index (χ3v) is 4.26. The maximum Gasteiger partial charge on any atom is 0.263 e. The van der Waals surface area contributed by atoms with Crippen LogP contribution in [0.3, 0.4) is 0 Å². The number of hydrogen-bond acceptors (Lipinski definition) is 4. The van der Waals surface area contributed by atoms with E-state index in [9.17, 15) is 4.79 Å². The van der Waals surface area contributed by atoms with Gasteiger partial charge in [-0.1, -0.05) is 36.4 Å². The normalized spacial score (nSPS) is 10.6. The summed E-state index contributed by atoms with van der Waals surface area (Å²) in [6.07, 6.45) is 1.87. The molecule has 0 saturated heterocycles. The largest absolute Gasteiger partial charge is 0.497 e. The molecule has 0 unspecified atom stereocenters. The number of anilines is 1. The van der Waals surface area contributed by atoms with Crippen LogP contribution >= 0.6 is 0 Å². The number of methoxy groups -OCH3 is 1. The van der Waals surface area contributed by atoms with E-state index in [-0.39, 0.29) is 12.5 Å². The van der Waals surface area contributed by atoms with Gasteiger partial charge in [-0.2, -0.15) is 0 Å². The monoisotopic (exact) mass is 373 g/mol. The van der Waals surface area contributed by atoms with E-state index in [0.29, 0.717) is 17.3 Å². The number of imidazole rings is 1. The molecule has 6 nitrogen and oxygen atoms in total. The minimum atomic E-state index is -0.265. The maximum absolute atomic E-state index is 12.5. The Kier molecular flexibility index (Phi) is 4.93. The van der Waals surface area contributed by atoms with E-state index in [2.05, 4.69) is 10.3 Å². The molecule has 4 aromatic rings. The first kappa shape index (κ1) is 17.6. The zero-order valence-corrected chi connectivity index (χ0v) is 15.3. The van der Waals surface area contributed by atoms with Gasteiger partial charge in [-0.15, -0.1) is 0 Å². The number of amides is 1. The van der Waals surface area contributed by atoms with Gasteiger partial charge in [0.25, 0.3) is 5.91 Å². The molecule has 2 aromatic carbocycles. The average Bonchev–Trinajstić information content (AvgIpc) is 3.12. The topological polar surface area (TPSA) is 64.9 Å². The number of carbonyl (C=O) groups is 1. The molecule has 0 aliphatic rings. The fourth-order valence-corrected chi connectivity index (χ4v) is 2.90. The molecule has 2 aromatic heterocycles. The summed E-state index contributed by atoms with van der Waals surface area (Å²) < 4.78 is 12.5. The van der Waals surface area contributed by atoms with Crippen molar-refractivity contribution in [1.82, 2.24) is 9.38 Å². The van der Waals surface area contributed by atoms with Crippen molar-refractivity contribution in [3.05, 3.63) is 79.0 Å². The summed E-state index contributed by atoms with van der Waals surface area (Å²) in [7, 11) is 1.60. The van der Waals surface area contributed by atoms with Crippen molar-refractivity contribution in [3.8, 4) is 22.8 Å². The first-order chi connectivity index (χ1) is 13.7. The van der Waals surface area contributed by atoms with Crippen molar-refractivity contribution < 1.29 is 14.3 Å². The Morgan fingerprint density at radius 2 is 1.68 bits per heavy atom. The van der Waals surface area contributed by atoms with Gasteiger partial charge in [-0.25, -0.2) is 4.98 Å². The summed E-state index contributed by atoms with van der Waals surface area (Å²) >= 11 is 0. The van der Waals surface area contributed by atoms with Crippen molar-refractivity contribution >= 4 is 17.4 Å². The summed E-state index contributed by atoms with van der Waals surface area (Å²) in [6.45, 7) is -0.110. The van der Waals surface area contributed by atoms with Crippen molar-refractivity contribution in [2.75, 3.05) is 19.0 Å². The fourth-order valence-electron chi connectivity index (χ4n) is 2.90. The Morgan fingerprint density at radius 3 is 2.43 bits per heavy atom. The molecule has 140 valence electrons. The number of nitrogens with zero attached hydrogens (tertiary/aromatic N) is 2. The van der Waals surface area contributed by atoms with E-state index < -0.39 is 0 Å². The number of hydrogen-bond donors (Lipinski definition) is 1. The molecule has 0 aliphatic carbocycles. The van der Waals surface area contributed by atoms with Crippen LogP contribution in [0.25, 0.3) is 16.9 Å². The molecule has 1 N–H and O–H groups in total. The molecule has 0 atom stereocenters. The van der Waals surface area contributed by atoms with Gasteiger partial charge >= 0.3 is 0 Å². The van der Waals surface area contributed by atoms with Gasteiger partial charge in [0.15, 0.2) is 6.61 Å². The van der Waals surface area contributed by atoms with Gasteiger partial charge in [-0.3, -0.25) is 9.20 Å². The van der Waals surface area contributed by atoms with E-state index in [4.69, 9.17) is 9.47 Å². The lowest BCUT2D eigenvalue weighted by atomic mass is 10.1. The highest BCUT2D eigenvalue weighted by atomic mass is 16.5. The van der Waals surface area contributed by atoms with Crippen LogP contribution in [-0.2, 0) is 4.79 Å². The van der Waals surface area contributed by atoms with Gasteiger partial charge in [0.1, 0.15) is 28.7 Å². The minimum absolute atomic E-state index is 0.110. The third kappa shape index (κ3) is 3.66. The molecule has 0 saturated carbocycles. The summed E-state index contributed by atoms with van der Waals surface area (Å²) in [5.41, 5.74) is 2.40. The predicted molar refractivity (Wildman–Crippen MR) is 108 cm³/mol. The Balaban J connectivity index is 1.55. The van der Waals surface area contributed by atoms with Crippen LogP contribution in [0, 0.1) is 0 Å². The molecule has 0 radical (unpaired) electrons. The molecular formula is C22H19N3O3. The summed E-state index contributed by atoms with van der Waals surface area (Å²) in [5, 5.41) is 2.94. The van der Waals surface area contributed by atoms with Crippen molar-refractivity contribution in [2.24, 2.45) is 0 Å². The first-order valence-electron chi connectivity index (χ1n) is 8.84. The van der Waals surface area contributed by atoms with Crippen LogP contribution in [0.4, 0.5) is 5.82 Å². The molecule has 4 rings (SSSR count). The molecule has 28 heavy (non-hydrogen) atoms. The Morgan fingerprint density at radius 1 is 0.964 bits per heavy atom. The highest BCUT2D eigenvalue weighted by molar-refractivity contribution is 5.95. The zero-order chi connectivity index (χ0) is 19.3. The highest BCUT2D eigenvalue weighted by Gasteiger charge is 2.16. The van der Waals surface area contributed by atoms with Crippen LogP contribution < -0.4 is 14.8 Å². The maximum atomic E-state index is 12.5. The summed E-state index contributed by atoms with van der Waals surface area (Å²) in [4.78, 5) is 17.2. The predicted octanol–water partition coefficient (Wildman–Crippen LogP) is 4.03. The number of carbonyl (C=O) groups excluding carboxylic acids is 1. The van der Waals surface area contributed by atoms with Gasteiger partial charge < -0.3 is 14.8 Å². The van der Waals surface area contributed by atoms with Crippen LogP contribution in [-0.4, -0.2) is 29.0 Å². The lowest BCUT2D eigenvalue weighted by molar-refractivity contribution is -0.118. The van der Waals surface area contributed by atoms with Crippen LogP contribution in [0.1, 0.15) is 0 Å². The highest BCUT2D eigenvalue weighted by Crippen LogP contribution is 2.28. The standard InChI is InChI=1S/C22H19N3O3/c1-27-17-10-12-18(13-11-17)28-15-20(26)24-22-21(16-7-3-2-4-8-16)23-19-9-5-6-14-25(19)22/h2-14H,15H2,1H3,(H,24,26). The Hall–Kier alpha value is -3.80. The molecule has 0 fully saturated rings. The van der Waals surface area contributed by atoms with E-state index in [1.807, 2.05) is 59.1 Å². The van der Waals surface area contributed by atoms with Crippen molar-refractivity contribution in [3.63, 3.8) is 0 Å². The number of nitrogens with one attached hydrogen (secondary N) is 1. The van der Waals surface area contributed by atoms with Gasteiger partial charge in [0.05, 0.1) is 7.11 Å². The lowest BCUT2D eigenvalue weighted by Crippen LogP contribution is -2.21. The van der Waals surface area contributed by atoms with Gasteiger partial charge in [0, 0.05) is 11.8 Å². The second-order valence-electron chi connectivity index (χ2n) is 6.12. The van der Waals surface area contributed by atoms with E-state index in [1.54, 1.807) is 31.4 Å². The number of rotatable bonds is 6. The van der Waals surface area contributed by atoms with Gasteiger partial charge in [-0.05, 0) is 36.4 Å². The minimum Gasteiger partial charge on any atom is -0.497 e. The summed E-state index contributed by atoms with van der Waals surface area (Å²) in [6, 6.07) is 22.5. The zero-order valence-electron chi connectivity index (χ0n) is 15.3. The number of benzene rings is 2. The lowest BCUT2D eigenvalue weighted by Gasteiger charge is -2.09. The molecule has 2 heterocycles. The quantitative estimate of drug-likeness (QED) is 0.554. The second kappa shape index (κ2) is 7.84. The van der Waals surface area contributed by atoms with Crippen LogP contribution in [0.15, 0.2) is 79.0 Å². The number of fused-ring (bicyclic) bond motifs is 1.